The van der Waals surface area contributed by atoms with E-state index in [-0.39, 0.29) is 5.84 Å². The number of amidine groups is 1. The van der Waals surface area contributed by atoms with Crippen LogP contribution in [0.3, 0.4) is 0 Å². The lowest BCUT2D eigenvalue weighted by Crippen LogP contribution is -2.38. The van der Waals surface area contributed by atoms with Gasteiger partial charge in [0.1, 0.15) is 18.0 Å². The molecule has 0 amide bonds. The van der Waals surface area contributed by atoms with E-state index in [0.29, 0.717) is 18.8 Å². The molecular formula is C9H13N5O. The smallest absolute Gasteiger partial charge is 0.143 e. The van der Waals surface area contributed by atoms with E-state index in [2.05, 4.69) is 14.9 Å². The molecular weight excluding hydrogens is 194 g/mol. The Hall–Kier alpha value is -1.69. The summed E-state index contributed by atoms with van der Waals surface area (Å²) in [6, 6.07) is 0. The third kappa shape index (κ3) is 2.04. The van der Waals surface area contributed by atoms with Crippen molar-refractivity contribution in [3.05, 3.63) is 18.1 Å². The van der Waals surface area contributed by atoms with Gasteiger partial charge in [-0.1, -0.05) is 0 Å². The van der Waals surface area contributed by atoms with Crippen molar-refractivity contribution in [3.63, 3.8) is 0 Å². The van der Waals surface area contributed by atoms with Gasteiger partial charge in [0.15, 0.2) is 0 Å². The maximum atomic E-state index is 7.43. The van der Waals surface area contributed by atoms with Crippen LogP contribution in [0.15, 0.2) is 12.5 Å². The number of morpholine rings is 1. The zero-order valence-corrected chi connectivity index (χ0v) is 8.31. The Morgan fingerprint density at radius 1 is 1.47 bits per heavy atom. The molecule has 3 N–H and O–H groups in total. The van der Waals surface area contributed by atoms with Crippen LogP contribution < -0.4 is 10.6 Å². The molecule has 0 bridgehead atoms. The molecule has 0 atom stereocenters. The van der Waals surface area contributed by atoms with Gasteiger partial charge in [0.25, 0.3) is 0 Å². The van der Waals surface area contributed by atoms with E-state index in [1.165, 1.54) is 6.33 Å². The van der Waals surface area contributed by atoms with Crippen LogP contribution in [-0.2, 0) is 4.74 Å². The van der Waals surface area contributed by atoms with Gasteiger partial charge in [-0.2, -0.15) is 0 Å². The summed E-state index contributed by atoms with van der Waals surface area (Å²) in [7, 11) is 0. The topological polar surface area (TPSA) is 88.1 Å². The minimum Gasteiger partial charge on any atom is -0.384 e. The molecule has 1 aliphatic heterocycles. The highest BCUT2D eigenvalue weighted by Gasteiger charge is 2.17. The summed E-state index contributed by atoms with van der Waals surface area (Å²) < 4.78 is 5.25. The first-order valence-corrected chi connectivity index (χ1v) is 4.76. The predicted molar refractivity (Wildman–Crippen MR) is 56.1 cm³/mol. The minimum absolute atomic E-state index is 0.00269. The molecule has 6 heteroatoms. The van der Waals surface area contributed by atoms with Crippen LogP contribution in [0.5, 0.6) is 0 Å². The predicted octanol–water partition coefficient (Wildman–Crippen LogP) is -0.403. The molecule has 0 radical (unpaired) electrons. The third-order valence-corrected chi connectivity index (χ3v) is 2.29. The summed E-state index contributed by atoms with van der Waals surface area (Å²) in [6.45, 7) is 2.91. The summed E-state index contributed by atoms with van der Waals surface area (Å²) in [6.07, 6.45) is 3.04. The van der Waals surface area contributed by atoms with Crippen LogP contribution in [0.4, 0.5) is 5.82 Å². The van der Waals surface area contributed by atoms with Gasteiger partial charge in [-0.3, -0.25) is 5.41 Å². The molecule has 6 nitrogen and oxygen atoms in total. The number of ether oxygens (including phenoxy) is 1. The number of anilines is 1. The lowest BCUT2D eigenvalue weighted by molar-refractivity contribution is 0.122. The largest absolute Gasteiger partial charge is 0.384 e. The fourth-order valence-electron chi connectivity index (χ4n) is 1.54. The molecule has 2 heterocycles. The number of nitrogens with zero attached hydrogens (tertiary/aromatic N) is 3. The monoisotopic (exact) mass is 207 g/mol. The van der Waals surface area contributed by atoms with E-state index in [0.717, 1.165) is 18.9 Å². The SMILES string of the molecule is N=C(N)c1cncnc1N1CCOCC1. The van der Waals surface area contributed by atoms with E-state index in [1.54, 1.807) is 6.20 Å². The van der Waals surface area contributed by atoms with Crippen molar-refractivity contribution in [1.82, 2.24) is 9.97 Å². The second-order valence-corrected chi connectivity index (χ2v) is 3.27. The lowest BCUT2D eigenvalue weighted by atomic mass is 10.2. The Bertz CT molecular complexity index is 361. The van der Waals surface area contributed by atoms with Crippen molar-refractivity contribution in [2.45, 2.75) is 0 Å². The Morgan fingerprint density at radius 2 is 2.20 bits per heavy atom. The molecule has 1 saturated heterocycles. The summed E-state index contributed by atoms with van der Waals surface area (Å²) in [5.41, 5.74) is 6.05. The lowest BCUT2D eigenvalue weighted by Gasteiger charge is -2.28. The second-order valence-electron chi connectivity index (χ2n) is 3.27. The summed E-state index contributed by atoms with van der Waals surface area (Å²) in [4.78, 5) is 10.1. The number of rotatable bonds is 2. The van der Waals surface area contributed by atoms with Crippen LogP contribution in [0.2, 0.25) is 0 Å². The third-order valence-electron chi connectivity index (χ3n) is 2.29. The number of nitrogens with two attached hydrogens (primary N) is 1. The van der Waals surface area contributed by atoms with Gasteiger partial charge in [-0.25, -0.2) is 9.97 Å². The number of hydrogen-bond acceptors (Lipinski definition) is 5. The second kappa shape index (κ2) is 4.22. The average molecular weight is 207 g/mol. The summed E-state index contributed by atoms with van der Waals surface area (Å²) >= 11 is 0. The Balaban J connectivity index is 2.29. The van der Waals surface area contributed by atoms with Crippen molar-refractivity contribution in [2.24, 2.45) is 5.73 Å². The highest BCUT2D eigenvalue weighted by atomic mass is 16.5. The number of nitrogens with one attached hydrogen (secondary N) is 1. The molecule has 0 unspecified atom stereocenters. The van der Waals surface area contributed by atoms with Gasteiger partial charge >= 0.3 is 0 Å². The van der Waals surface area contributed by atoms with Crippen molar-refractivity contribution < 1.29 is 4.74 Å². The quantitative estimate of drug-likeness (QED) is 0.508. The van der Waals surface area contributed by atoms with Crippen LogP contribution in [-0.4, -0.2) is 42.1 Å². The standard InChI is InChI=1S/C9H13N5O/c10-8(11)7-5-12-6-13-9(7)14-1-3-15-4-2-14/h5-6H,1-4H2,(H3,10,11). The maximum Gasteiger partial charge on any atom is 0.143 e. The van der Waals surface area contributed by atoms with Gasteiger partial charge in [-0.15, -0.1) is 0 Å². The molecule has 2 rings (SSSR count). The summed E-state index contributed by atoms with van der Waals surface area (Å²) in [5, 5.41) is 7.43. The fourth-order valence-corrected chi connectivity index (χ4v) is 1.54. The van der Waals surface area contributed by atoms with E-state index >= 15 is 0 Å². The van der Waals surface area contributed by atoms with E-state index in [1.807, 2.05) is 0 Å². The van der Waals surface area contributed by atoms with E-state index in [4.69, 9.17) is 15.9 Å². The molecule has 80 valence electrons. The van der Waals surface area contributed by atoms with E-state index in [9.17, 15) is 0 Å². The van der Waals surface area contributed by atoms with Gasteiger partial charge in [-0.05, 0) is 0 Å². The summed E-state index contributed by atoms with van der Waals surface area (Å²) in [5.74, 6) is 0.720. The van der Waals surface area contributed by atoms with Crippen LogP contribution >= 0.6 is 0 Å². The molecule has 15 heavy (non-hydrogen) atoms. The van der Waals surface area contributed by atoms with Crippen molar-refractivity contribution in [3.8, 4) is 0 Å². The Kier molecular flexibility index (Phi) is 2.77. The fraction of sp³-hybridized carbons (Fsp3) is 0.444. The first-order chi connectivity index (χ1) is 7.29. The van der Waals surface area contributed by atoms with Gasteiger partial charge < -0.3 is 15.4 Å². The first kappa shape index (κ1) is 9.85. The van der Waals surface area contributed by atoms with Crippen molar-refractivity contribution >= 4 is 11.7 Å². The zero-order valence-electron chi connectivity index (χ0n) is 8.31. The van der Waals surface area contributed by atoms with Crippen LogP contribution in [0.1, 0.15) is 5.56 Å². The average Bonchev–Trinajstić information content (AvgIpc) is 2.30. The van der Waals surface area contributed by atoms with Crippen molar-refractivity contribution in [2.75, 3.05) is 31.2 Å². The molecule has 0 spiro atoms. The Morgan fingerprint density at radius 3 is 2.87 bits per heavy atom. The highest BCUT2D eigenvalue weighted by Crippen LogP contribution is 2.16. The number of aromatic nitrogens is 2. The molecule has 1 aromatic heterocycles. The Labute approximate surface area is 87.6 Å². The first-order valence-electron chi connectivity index (χ1n) is 4.76. The number of nitrogen functional groups attached to an aromatic ring is 1. The zero-order chi connectivity index (χ0) is 10.7. The molecule has 0 saturated carbocycles. The minimum atomic E-state index is -0.00269. The molecule has 1 aromatic rings. The van der Waals surface area contributed by atoms with Crippen LogP contribution in [0.25, 0.3) is 0 Å². The van der Waals surface area contributed by atoms with Crippen LogP contribution in [0, 0.1) is 5.41 Å². The number of hydrogen-bond donors (Lipinski definition) is 2. The van der Waals surface area contributed by atoms with E-state index < -0.39 is 0 Å². The maximum absolute atomic E-state index is 7.43. The van der Waals surface area contributed by atoms with Gasteiger partial charge in [0, 0.05) is 19.3 Å². The van der Waals surface area contributed by atoms with Gasteiger partial charge in [0.05, 0.1) is 18.8 Å². The van der Waals surface area contributed by atoms with Crippen molar-refractivity contribution in [1.29, 1.82) is 5.41 Å². The molecule has 0 aromatic carbocycles. The molecule has 1 fully saturated rings. The van der Waals surface area contributed by atoms with Gasteiger partial charge in [0.2, 0.25) is 0 Å². The molecule has 1 aliphatic rings. The highest BCUT2D eigenvalue weighted by molar-refractivity contribution is 5.99. The molecule has 0 aliphatic carbocycles. The normalized spacial score (nSPS) is 16.4.